The maximum Gasteiger partial charge on any atom is 0.338 e. The van der Waals surface area contributed by atoms with E-state index in [4.69, 9.17) is 9.52 Å². The summed E-state index contributed by atoms with van der Waals surface area (Å²) in [5.74, 6) is -0.968. The molecule has 2 aromatic rings. The highest BCUT2D eigenvalue weighted by Crippen LogP contribution is 2.34. The molecule has 1 aromatic heterocycles. The van der Waals surface area contributed by atoms with Crippen molar-refractivity contribution in [3.05, 3.63) is 59.0 Å². The van der Waals surface area contributed by atoms with Crippen molar-refractivity contribution in [1.29, 1.82) is 0 Å². The molecule has 1 saturated heterocycles. The summed E-state index contributed by atoms with van der Waals surface area (Å²) in [4.78, 5) is 25.3. The normalized spacial score (nSPS) is 20.7. The molecule has 0 aliphatic carbocycles. The highest BCUT2D eigenvalue weighted by atomic mass is 16.4. The van der Waals surface area contributed by atoms with Crippen LogP contribution in [0.5, 0.6) is 0 Å². The number of benzene rings is 1. The fraction of sp³-hybridized carbons (Fsp3) is 0.333. The van der Waals surface area contributed by atoms with E-state index in [0.717, 1.165) is 12.7 Å². The van der Waals surface area contributed by atoms with E-state index in [1.165, 1.54) is 17.2 Å². The SMILES string of the molecule is Cc1ccccc1C1CC(C)N(C(=O)c2cc(C(=O)O)co2)C1. The Bertz CT molecular complexity index is 749. The lowest BCUT2D eigenvalue weighted by Gasteiger charge is -2.20. The first-order chi connectivity index (χ1) is 11.0. The van der Waals surface area contributed by atoms with E-state index >= 15 is 0 Å². The second kappa shape index (κ2) is 5.91. The zero-order valence-electron chi connectivity index (χ0n) is 13.2. The van der Waals surface area contributed by atoms with E-state index in [-0.39, 0.29) is 23.3 Å². The number of carboxylic acids is 1. The summed E-state index contributed by atoms with van der Waals surface area (Å²) in [6.07, 6.45) is 2.00. The van der Waals surface area contributed by atoms with Gasteiger partial charge in [0.2, 0.25) is 0 Å². The van der Waals surface area contributed by atoms with Crippen molar-refractivity contribution >= 4 is 11.9 Å². The van der Waals surface area contributed by atoms with Gasteiger partial charge >= 0.3 is 5.97 Å². The average Bonchev–Trinajstić information content (AvgIpc) is 3.14. The standard InChI is InChI=1S/C18H19NO4/c1-11-5-3-4-6-15(11)13-7-12(2)19(9-13)17(20)16-8-14(10-23-16)18(21)22/h3-6,8,10,12-13H,7,9H2,1-2H3,(H,21,22). The van der Waals surface area contributed by atoms with Crippen molar-refractivity contribution in [1.82, 2.24) is 4.90 Å². The number of aromatic carboxylic acids is 1. The summed E-state index contributed by atoms with van der Waals surface area (Å²) in [7, 11) is 0. The number of nitrogens with zero attached hydrogens (tertiary/aromatic N) is 1. The molecule has 0 saturated carbocycles. The first-order valence-electron chi connectivity index (χ1n) is 7.65. The van der Waals surface area contributed by atoms with Gasteiger partial charge in [-0.1, -0.05) is 24.3 Å². The fourth-order valence-corrected chi connectivity index (χ4v) is 3.29. The Morgan fingerprint density at radius 1 is 1.30 bits per heavy atom. The van der Waals surface area contributed by atoms with Crippen LogP contribution in [0, 0.1) is 6.92 Å². The molecule has 3 rings (SSSR count). The van der Waals surface area contributed by atoms with Gasteiger partial charge in [-0.25, -0.2) is 4.79 Å². The molecule has 1 aliphatic heterocycles. The van der Waals surface area contributed by atoms with E-state index in [1.807, 2.05) is 19.1 Å². The monoisotopic (exact) mass is 313 g/mol. The van der Waals surface area contributed by atoms with E-state index < -0.39 is 5.97 Å². The lowest BCUT2D eigenvalue weighted by atomic mass is 9.93. The summed E-state index contributed by atoms with van der Waals surface area (Å²) in [6.45, 7) is 4.71. The smallest absolute Gasteiger partial charge is 0.338 e. The van der Waals surface area contributed by atoms with Crippen LogP contribution in [0.3, 0.4) is 0 Å². The first-order valence-corrected chi connectivity index (χ1v) is 7.65. The number of aryl methyl sites for hydroxylation is 1. The number of carbonyl (C=O) groups excluding carboxylic acids is 1. The van der Waals surface area contributed by atoms with Gasteiger partial charge in [-0.2, -0.15) is 0 Å². The zero-order chi connectivity index (χ0) is 16.6. The van der Waals surface area contributed by atoms with Gasteiger partial charge in [0.1, 0.15) is 6.26 Å². The van der Waals surface area contributed by atoms with Gasteiger partial charge in [0.15, 0.2) is 5.76 Å². The molecule has 0 spiro atoms. The highest BCUT2D eigenvalue weighted by molar-refractivity contribution is 5.95. The van der Waals surface area contributed by atoms with Crippen molar-refractivity contribution in [3.63, 3.8) is 0 Å². The molecule has 1 aromatic carbocycles. The number of hydrogen-bond acceptors (Lipinski definition) is 3. The van der Waals surface area contributed by atoms with Gasteiger partial charge in [-0.3, -0.25) is 4.79 Å². The molecule has 23 heavy (non-hydrogen) atoms. The maximum absolute atomic E-state index is 12.6. The lowest BCUT2D eigenvalue weighted by Crippen LogP contribution is -2.33. The van der Waals surface area contributed by atoms with Crippen LogP contribution in [0.4, 0.5) is 0 Å². The zero-order valence-corrected chi connectivity index (χ0v) is 13.2. The predicted octanol–water partition coefficient (Wildman–Crippen LogP) is 3.30. The Morgan fingerprint density at radius 3 is 2.70 bits per heavy atom. The Morgan fingerprint density at radius 2 is 2.04 bits per heavy atom. The fourth-order valence-electron chi connectivity index (χ4n) is 3.29. The molecule has 1 aliphatic rings. The first kappa shape index (κ1) is 15.3. The Labute approximate surface area is 134 Å². The van der Waals surface area contributed by atoms with E-state index in [9.17, 15) is 9.59 Å². The van der Waals surface area contributed by atoms with Crippen molar-refractivity contribution < 1.29 is 19.1 Å². The molecule has 120 valence electrons. The number of carboxylic acid groups (broad SMARTS) is 1. The van der Waals surface area contributed by atoms with E-state index in [0.29, 0.717) is 12.5 Å². The van der Waals surface area contributed by atoms with Crippen molar-refractivity contribution in [2.45, 2.75) is 32.2 Å². The van der Waals surface area contributed by atoms with Crippen LogP contribution in [0.15, 0.2) is 41.0 Å². The summed E-state index contributed by atoms with van der Waals surface area (Å²) < 4.78 is 5.14. The van der Waals surface area contributed by atoms with Gasteiger partial charge in [-0.05, 0) is 31.4 Å². The molecule has 0 radical (unpaired) electrons. The maximum atomic E-state index is 12.6. The van der Waals surface area contributed by atoms with Gasteiger partial charge in [0.05, 0.1) is 5.56 Å². The molecule has 1 amide bonds. The van der Waals surface area contributed by atoms with Gasteiger partial charge < -0.3 is 14.4 Å². The molecule has 0 bridgehead atoms. The van der Waals surface area contributed by atoms with Crippen molar-refractivity contribution in [2.75, 3.05) is 6.54 Å². The van der Waals surface area contributed by atoms with Crippen LogP contribution in [-0.4, -0.2) is 34.5 Å². The third-order valence-electron chi connectivity index (χ3n) is 4.52. The average molecular weight is 313 g/mol. The topological polar surface area (TPSA) is 70.8 Å². The number of hydrogen-bond donors (Lipinski definition) is 1. The second-order valence-electron chi connectivity index (χ2n) is 6.10. The molecule has 2 unspecified atom stereocenters. The minimum absolute atomic E-state index is 0.00402. The predicted molar refractivity (Wildman–Crippen MR) is 84.7 cm³/mol. The molecule has 5 heteroatoms. The van der Waals surface area contributed by atoms with Gasteiger partial charge in [0.25, 0.3) is 5.91 Å². The van der Waals surface area contributed by atoms with Crippen molar-refractivity contribution in [2.24, 2.45) is 0 Å². The largest absolute Gasteiger partial charge is 0.478 e. The number of carbonyl (C=O) groups is 2. The quantitative estimate of drug-likeness (QED) is 0.943. The van der Waals surface area contributed by atoms with Crippen LogP contribution in [-0.2, 0) is 0 Å². The van der Waals surface area contributed by atoms with Crippen molar-refractivity contribution in [3.8, 4) is 0 Å². The van der Waals surface area contributed by atoms with Gasteiger partial charge in [-0.15, -0.1) is 0 Å². The molecule has 2 atom stereocenters. The lowest BCUT2D eigenvalue weighted by molar-refractivity contribution is 0.0692. The van der Waals surface area contributed by atoms with Crippen LogP contribution in [0.2, 0.25) is 0 Å². The Kier molecular flexibility index (Phi) is 3.94. The molecule has 1 fully saturated rings. The van der Waals surface area contributed by atoms with Gasteiger partial charge in [0, 0.05) is 24.6 Å². The number of amides is 1. The molecule has 2 heterocycles. The minimum Gasteiger partial charge on any atom is -0.478 e. The highest BCUT2D eigenvalue weighted by Gasteiger charge is 2.35. The van der Waals surface area contributed by atoms with Crippen LogP contribution >= 0.6 is 0 Å². The summed E-state index contributed by atoms with van der Waals surface area (Å²) >= 11 is 0. The third kappa shape index (κ3) is 2.86. The van der Waals surface area contributed by atoms with Crippen LogP contribution in [0.1, 0.15) is 51.3 Å². The summed E-state index contributed by atoms with van der Waals surface area (Å²) in [5, 5.41) is 8.93. The van der Waals surface area contributed by atoms with Crippen LogP contribution < -0.4 is 0 Å². The molecule has 1 N–H and O–H groups in total. The van der Waals surface area contributed by atoms with E-state index in [1.54, 1.807) is 4.90 Å². The summed E-state index contributed by atoms with van der Waals surface area (Å²) in [6, 6.07) is 9.59. The van der Waals surface area contributed by atoms with Crippen LogP contribution in [0.25, 0.3) is 0 Å². The number of furan rings is 1. The number of likely N-dealkylation sites (tertiary alicyclic amines) is 1. The number of rotatable bonds is 3. The Hall–Kier alpha value is -2.56. The third-order valence-corrected chi connectivity index (χ3v) is 4.52. The molecular weight excluding hydrogens is 294 g/mol. The Balaban J connectivity index is 1.79. The minimum atomic E-state index is -1.10. The van der Waals surface area contributed by atoms with E-state index in [2.05, 4.69) is 19.1 Å². The second-order valence-corrected chi connectivity index (χ2v) is 6.10. The summed E-state index contributed by atoms with van der Waals surface area (Å²) in [5.41, 5.74) is 2.49. The molecule has 5 nitrogen and oxygen atoms in total. The molecular formula is C18H19NO4.